The molecule has 0 bridgehead atoms. The molecule has 0 amide bonds. The summed E-state index contributed by atoms with van der Waals surface area (Å²) in [4.78, 5) is 3.81. The van der Waals surface area contributed by atoms with Gasteiger partial charge in [-0.25, -0.2) is 4.98 Å². The van der Waals surface area contributed by atoms with Crippen molar-refractivity contribution in [2.24, 2.45) is 0 Å². The molecule has 0 saturated carbocycles. The maximum Gasteiger partial charge on any atom is 0.106 e. The van der Waals surface area contributed by atoms with Gasteiger partial charge in [0.2, 0.25) is 0 Å². The van der Waals surface area contributed by atoms with Crippen molar-refractivity contribution in [3.63, 3.8) is 0 Å². The van der Waals surface area contributed by atoms with Gasteiger partial charge >= 0.3 is 0 Å². The largest absolute Gasteiger partial charge is 0.299 e. The van der Waals surface area contributed by atoms with Crippen molar-refractivity contribution in [3.8, 4) is 0 Å². The third kappa shape index (κ3) is 1.20. The van der Waals surface area contributed by atoms with Crippen molar-refractivity contribution in [2.45, 2.75) is 0 Å². The predicted octanol–water partition coefficient (Wildman–Crippen LogP) is 1.76. The normalized spacial score (nSPS) is 9.12. The second-order valence-corrected chi connectivity index (χ2v) is 2.18. The van der Waals surface area contributed by atoms with Crippen molar-refractivity contribution in [1.29, 1.82) is 0 Å². The molecular formula is C5H4BrN2. The smallest absolute Gasteiger partial charge is 0.106 e. The molecule has 1 heterocycles. The van der Waals surface area contributed by atoms with E-state index >= 15 is 0 Å². The van der Waals surface area contributed by atoms with Gasteiger partial charge in [-0.2, -0.15) is 0 Å². The maximum atomic E-state index is 7.01. The predicted molar refractivity (Wildman–Crippen MR) is 34.7 cm³/mol. The number of aromatic nitrogens is 1. The second-order valence-electron chi connectivity index (χ2n) is 1.37. The molecule has 0 aromatic carbocycles. The van der Waals surface area contributed by atoms with Crippen molar-refractivity contribution >= 4 is 21.6 Å². The van der Waals surface area contributed by atoms with E-state index in [0.29, 0.717) is 5.69 Å². The van der Waals surface area contributed by atoms with Crippen LogP contribution in [0.15, 0.2) is 22.9 Å². The number of hydrogen-bond donors (Lipinski definition) is 0. The zero-order chi connectivity index (χ0) is 5.98. The van der Waals surface area contributed by atoms with Crippen LogP contribution in [0.1, 0.15) is 0 Å². The molecule has 1 rings (SSSR count). The summed E-state index contributed by atoms with van der Waals surface area (Å²) >= 11 is 3.15. The summed E-state index contributed by atoms with van der Waals surface area (Å²) in [5.41, 5.74) is 7.45. The molecule has 0 aliphatic carbocycles. The minimum absolute atomic E-state index is 0.438. The Morgan fingerprint density at radius 3 is 2.62 bits per heavy atom. The zero-order valence-electron chi connectivity index (χ0n) is 4.06. The van der Waals surface area contributed by atoms with E-state index in [1.165, 1.54) is 6.20 Å². The molecule has 0 spiro atoms. The molecule has 1 radical (unpaired) electrons. The van der Waals surface area contributed by atoms with E-state index in [1.54, 1.807) is 12.1 Å². The van der Waals surface area contributed by atoms with Crippen LogP contribution in [0.25, 0.3) is 0 Å². The van der Waals surface area contributed by atoms with Gasteiger partial charge in [-0.3, -0.25) is 5.73 Å². The van der Waals surface area contributed by atoms with E-state index < -0.39 is 0 Å². The SMILES string of the molecule is [NH]c1ccc(Br)nc1. The van der Waals surface area contributed by atoms with Crippen LogP contribution in [0.5, 0.6) is 0 Å². The molecule has 0 aliphatic rings. The molecule has 1 N–H and O–H groups in total. The first-order chi connectivity index (χ1) is 3.79. The van der Waals surface area contributed by atoms with Crippen LogP contribution in [0.2, 0.25) is 0 Å². The molecule has 0 saturated heterocycles. The average molecular weight is 172 g/mol. The highest BCUT2D eigenvalue weighted by atomic mass is 79.9. The first kappa shape index (κ1) is 5.56. The van der Waals surface area contributed by atoms with E-state index in [0.717, 1.165) is 4.60 Å². The lowest BCUT2D eigenvalue weighted by Gasteiger charge is -1.86. The second kappa shape index (κ2) is 2.13. The topological polar surface area (TPSA) is 36.7 Å². The summed E-state index contributed by atoms with van der Waals surface area (Å²) in [6, 6.07) is 3.42. The number of halogens is 1. The summed E-state index contributed by atoms with van der Waals surface area (Å²) in [5, 5.41) is 0. The van der Waals surface area contributed by atoms with Gasteiger partial charge in [0, 0.05) is 0 Å². The summed E-state index contributed by atoms with van der Waals surface area (Å²) in [7, 11) is 0. The van der Waals surface area contributed by atoms with Crippen LogP contribution in [0, 0.1) is 0 Å². The third-order valence-electron chi connectivity index (χ3n) is 0.727. The molecule has 0 atom stereocenters. The van der Waals surface area contributed by atoms with Gasteiger partial charge in [-0.05, 0) is 28.1 Å². The summed E-state index contributed by atoms with van der Waals surface area (Å²) in [6.07, 6.45) is 1.49. The lowest BCUT2D eigenvalue weighted by molar-refractivity contribution is 1.25. The molecule has 2 nitrogen and oxygen atoms in total. The molecule has 1 aromatic rings. The highest BCUT2D eigenvalue weighted by molar-refractivity contribution is 9.10. The molecular weight excluding hydrogens is 168 g/mol. The standard InChI is InChI=1S/C5H4BrN2/c6-5-2-1-4(7)3-8-5/h1-3,7H. The fourth-order valence-corrected chi connectivity index (χ4v) is 0.610. The third-order valence-corrected chi connectivity index (χ3v) is 1.20. The van der Waals surface area contributed by atoms with Crippen LogP contribution in [0.4, 0.5) is 5.69 Å². The Bertz CT molecular complexity index is 149. The first-order valence-electron chi connectivity index (χ1n) is 2.12. The Balaban J connectivity index is 3.03. The lowest BCUT2D eigenvalue weighted by Crippen LogP contribution is -1.72. The number of rotatable bonds is 0. The summed E-state index contributed by atoms with van der Waals surface area (Å²) in [6.45, 7) is 0. The van der Waals surface area contributed by atoms with Gasteiger partial charge in [-0.1, -0.05) is 0 Å². The Hall–Kier alpha value is -0.570. The molecule has 0 unspecified atom stereocenters. The van der Waals surface area contributed by atoms with Crippen molar-refractivity contribution in [3.05, 3.63) is 22.9 Å². The lowest BCUT2D eigenvalue weighted by atomic mass is 10.4. The summed E-state index contributed by atoms with van der Waals surface area (Å²) in [5.74, 6) is 0. The van der Waals surface area contributed by atoms with Crippen molar-refractivity contribution in [1.82, 2.24) is 10.7 Å². The molecule has 41 valence electrons. The molecule has 0 aliphatic heterocycles. The number of nitrogens with one attached hydrogen (secondary N) is 1. The van der Waals surface area contributed by atoms with Crippen molar-refractivity contribution in [2.75, 3.05) is 0 Å². The van der Waals surface area contributed by atoms with Gasteiger partial charge in [0.05, 0.1) is 11.9 Å². The molecule has 8 heavy (non-hydrogen) atoms. The van der Waals surface area contributed by atoms with E-state index in [2.05, 4.69) is 20.9 Å². The fraction of sp³-hybridized carbons (Fsp3) is 0. The Labute approximate surface area is 55.9 Å². The molecule has 0 fully saturated rings. The Kier molecular flexibility index (Phi) is 1.48. The minimum Gasteiger partial charge on any atom is -0.299 e. The summed E-state index contributed by atoms with van der Waals surface area (Å²) < 4.78 is 0.772. The van der Waals surface area contributed by atoms with Crippen LogP contribution in [0.3, 0.4) is 0 Å². The van der Waals surface area contributed by atoms with Crippen LogP contribution in [-0.4, -0.2) is 4.98 Å². The van der Waals surface area contributed by atoms with Crippen LogP contribution >= 0.6 is 15.9 Å². The highest BCUT2D eigenvalue weighted by Gasteiger charge is 1.84. The highest BCUT2D eigenvalue weighted by Crippen LogP contribution is 2.07. The van der Waals surface area contributed by atoms with Gasteiger partial charge < -0.3 is 0 Å². The van der Waals surface area contributed by atoms with Gasteiger partial charge in [0.15, 0.2) is 0 Å². The van der Waals surface area contributed by atoms with Crippen LogP contribution in [-0.2, 0) is 0 Å². The number of nitrogens with zero attached hydrogens (tertiary/aromatic N) is 1. The van der Waals surface area contributed by atoms with E-state index in [4.69, 9.17) is 5.73 Å². The Morgan fingerprint density at radius 1 is 1.50 bits per heavy atom. The Morgan fingerprint density at radius 2 is 2.25 bits per heavy atom. The molecule has 1 aromatic heterocycles. The van der Waals surface area contributed by atoms with E-state index in [9.17, 15) is 0 Å². The average Bonchev–Trinajstić information content (AvgIpc) is 1.77. The van der Waals surface area contributed by atoms with Crippen molar-refractivity contribution < 1.29 is 0 Å². The van der Waals surface area contributed by atoms with E-state index in [1.807, 2.05) is 0 Å². The number of hydrogen-bond acceptors (Lipinski definition) is 1. The van der Waals surface area contributed by atoms with Gasteiger partial charge in [0.25, 0.3) is 0 Å². The minimum atomic E-state index is 0.438. The van der Waals surface area contributed by atoms with Gasteiger partial charge in [0.1, 0.15) is 4.60 Å². The zero-order valence-corrected chi connectivity index (χ0v) is 5.64. The first-order valence-corrected chi connectivity index (χ1v) is 2.91. The quantitative estimate of drug-likeness (QED) is 0.549. The fourth-order valence-electron chi connectivity index (χ4n) is 0.376. The maximum absolute atomic E-state index is 7.01. The monoisotopic (exact) mass is 171 g/mol. The van der Waals surface area contributed by atoms with E-state index in [-0.39, 0.29) is 0 Å². The van der Waals surface area contributed by atoms with Gasteiger partial charge in [-0.15, -0.1) is 0 Å². The number of pyridine rings is 1. The molecule has 3 heteroatoms. The van der Waals surface area contributed by atoms with Crippen LogP contribution < -0.4 is 5.73 Å².